The van der Waals surface area contributed by atoms with E-state index in [-0.39, 0.29) is 0 Å². The normalized spacial score (nSPS) is 23.5. The molecule has 0 fully saturated rings. The lowest BCUT2D eigenvalue weighted by Gasteiger charge is -2.21. The van der Waals surface area contributed by atoms with Crippen LogP contribution in [0.25, 0.3) is 0 Å². The monoisotopic (exact) mass is 137 g/mol. The van der Waals surface area contributed by atoms with Gasteiger partial charge in [-0.2, -0.15) is 5.10 Å². The van der Waals surface area contributed by atoms with Crippen molar-refractivity contribution in [3.05, 3.63) is 12.3 Å². The summed E-state index contributed by atoms with van der Waals surface area (Å²) in [6, 6.07) is 2.57. The molecular formula is C7H11N3. The highest BCUT2D eigenvalue weighted by molar-refractivity contribution is 5.35. The third-order valence-electron chi connectivity index (χ3n) is 1.96. The highest BCUT2D eigenvalue weighted by atomic mass is 15.3. The largest absolute Gasteiger partial charge is 0.370 e. The fraction of sp³-hybridized carbons (Fsp3) is 0.571. The van der Waals surface area contributed by atoms with Gasteiger partial charge >= 0.3 is 0 Å². The van der Waals surface area contributed by atoms with Gasteiger partial charge in [0.25, 0.3) is 0 Å². The summed E-state index contributed by atoms with van der Waals surface area (Å²) in [5, 5.41) is 7.47. The minimum Gasteiger partial charge on any atom is -0.370 e. The van der Waals surface area contributed by atoms with Crippen LogP contribution in [0, 0.1) is 0 Å². The summed E-state index contributed by atoms with van der Waals surface area (Å²) in [4.78, 5) is 0. The SMILES string of the molecule is C[C@@H]1CCNc2ccnn21. The van der Waals surface area contributed by atoms with Crippen molar-refractivity contribution < 1.29 is 0 Å². The highest BCUT2D eigenvalue weighted by Gasteiger charge is 2.13. The van der Waals surface area contributed by atoms with E-state index < -0.39 is 0 Å². The van der Waals surface area contributed by atoms with E-state index in [1.54, 1.807) is 0 Å². The molecule has 0 spiro atoms. The molecule has 1 aromatic rings. The Morgan fingerprint density at radius 2 is 2.70 bits per heavy atom. The van der Waals surface area contributed by atoms with E-state index in [2.05, 4.69) is 17.3 Å². The van der Waals surface area contributed by atoms with E-state index in [0.29, 0.717) is 6.04 Å². The Morgan fingerprint density at radius 3 is 3.50 bits per heavy atom. The van der Waals surface area contributed by atoms with Crippen LogP contribution in [0.15, 0.2) is 12.3 Å². The molecule has 1 aliphatic rings. The number of hydrogen-bond acceptors (Lipinski definition) is 2. The molecule has 3 nitrogen and oxygen atoms in total. The maximum atomic E-state index is 4.19. The molecule has 2 heterocycles. The Kier molecular flexibility index (Phi) is 1.16. The van der Waals surface area contributed by atoms with Gasteiger partial charge in [0, 0.05) is 12.6 Å². The third kappa shape index (κ3) is 0.701. The molecule has 10 heavy (non-hydrogen) atoms. The van der Waals surface area contributed by atoms with Crippen LogP contribution in [0.3, 0.4) is 0 Å². The third-order valence-corrected chi connectivity index (χ3v) is 1.96. The van der Waals surface area contributed by atoms with Crippen molar-refractivity contribution in [3.8, 4) is 0 Å². The number of aromatic nitrogens is 2. The van der Waals surface area contributed by atoms with E-state index in [1.165, 1.54) is 6.42 Å². The smallest absolute Gasteiger partial charge is 0.124 e. The standard InChI is InChI=1S/C7H11N3/c1-6-2-4-8-7-3-5-9-10(6)7/h3,5-6,8H,2,4H2,1H3/t6-/m1/s1. The number of hydrogen-bond donors (Lipinski definition) is 1. The van der Waals surface area contributed by atoms with Gasteiger partial charge in [-0.3, -0.25) is 0 Å². The second kappa shape index (κ2) is 2.01. The van der Waals surface area contributed by atoms with Crippen molar-refractivity contribution >= 4 is 5.82 Å². The molecule has 0 saturated heterocycles. The molecule has 54 valence electrons. The molecule has 0 aromatic carbocycles. The summed E-state index contributed by atoms with van der Waals surface area (Å²) in [5.41, 5.74) is 0. The van der Waals surface area contributed by atoms with Gasteiger partial charge in [0.2, 0.25) is 0 Å². The molecule has 3 heteroatoms. The summed E-state index contributed by atoms with van der Waals surface area (Å²) >= 11 is 0. The summed E-state index contributed by atoms with van der Waals surface area (Å²) < 4.78 is 2.03. The van der Waals surface area contributed by atoms with Crippen molar-refractivity contribution in [3.63, 3.8) is 0 Å². The zero-order chi connectivity index (χ0) is 6.97. The minimum atomic E-state index is 0.561. The van der Waals surface area contributed by atoms with Gasteiger partial charge in [-0.15, -0.1) is 0 Å². The number of anilines is 1. The predicted molar refractivity (Wildman–Crippen MR) is 40.0 cm³/mol. The second-order valence-electron chi connectivity index (χ2n) is 2.73. The van der Waals surface area contributed by atoms with E-state index in [0.717, 1.165) is 12.4 Å². The Bertz CT molecular complexity index is 229. The first-order chi connectivity index (χ1) is 4.88. The van der Waals surface area contributed by atoms with Gasteiger partial charge in [-0.05, 0) is 13.3 Å². The molecule has 1 atom stereocenters. The topological polar surface area (TPSA) is 29.9 Å². The Hall–Kier alpha value is -0.990. The molecule has 0 amide bonds. The Balaban J connectivity index is 2.41. The van der Waals surface area contributed by atoms with E-state index in [9.17, 15) is 0 Å². The Labute approximate surface area is 60.0 Å². The van der Waals surface area contributed by atoms with Crippen molar-refractivity contribution in [2.75, 3.05) is 11.9 Å². The number of nitrogens with zero attached hydrogens (tertiary/aromatic N) is 2. The Morgan fingerprint density at radius 1 is 1.80 bits per heavy atom. The summed E-state index contributed by atoms with van der Waals surface area (Å²) in [6.07, 6.45) is 3.01. The molecule has 1 aromatic heterocycles. The lowest BCUT2D eigenvalue weighted by molar-refractivity contribution is 0.453. The summed E-state index contributed by atoms with van der Waals surface area (Å²) in [5.74, 6) is 1.15. The zero-order valence-corrected chi connectivity index (χ0v) is 6.04. The molecule has 0 bridgehead atoms. The average molecular weight is 137 g/mol. The van der Waals surface area contributed by atoms with Crippen LogP contribution in [0.5, 0.6) is 0 Å². The van der Waals surface area contributed by atoms with Gasteiger partial charge in [-0.25, -0.2) is 4.68 Å². The van der Waals surface area contributed by atoms with Crippen LogP contribution >= 0.6 is 0 Å². The fourth-order valence-electron chi connectivity index (χ4n) is 1.34. The van der Waals surface area contributed by atoms with Gasteiger partial charge in [0.1, 0.15) is 5.82 Å². The first-order valence-electron chi connectivity index (χ1n) is 3.65. The van der Waals surface area contributed by atoms with Crippen molar-refractivity contribution in [1.29, 1.82) is 0 Å². The number of rotatable bonds is 0. The van der Waals surface area contributed by atoms with E-state index in [4.69, 9.17) is 0 Å². The maximum Gasteiger partial charge on any atom is 0.124 e. The fourth-order valence-corrected chi connectivity index (χ4v) is 1.34. The van der Waals surface area contributed by atoms with Crippen LogP contribution in [0.4, 0.5) is 5.82 Å². The molecule has 0 radical (unpaired) electrons. The lowest BCUT2D eigenvalue weighted by Crippen LogP contribution is -2.21. The first kappa shape index (κ1) is 5.77. The van der Waals surface area contributed by atoms with Gasteiger partial charge in [-0.1, -0.05) is 0 Å². The van der Waals surface area contributed by atoms with Gasteiger partial charge in [0.15, 0.2) is 0 Å². The van der Waals surface area contributed by atoms with Crippen LogP contribution in [0.2, 0.25) is 0 Å². The van der Waals surface area contributed by atoms with Gasteiger partial charge < -0.3 is 5.32 Å². The van der Waals surface area contributed by atoms with Gasteiger partial charge in [0.05, 0.1) is 12.2 Å². The van der Waals surface area contributed by atoms with Crippen molar-refractivity contribution in [1.82, 2.24) is 9.78 Å². The predicted octanol–water partition coefficient (Wildman–Crippen LogP) is 1.26. The quantitative estimate of drug-likeness (QED) is 0.583. The molecular weight excluding hydrogens is 126 g/mol. The minimum absolute atomic E-state index is 0.561. The van der Waals surface area contributed by atoms with Crippen molar-refractivity contribution in [2.24, 2.45) is 0 Å². The molecule has 0 saturated carbocycles. The van der Waals surface area contributed by atoms with Crippen molar-refractivity contribution in [2.45, 2.75) is 19.4 Å². The lowest BCUT2D eigenvalue weighted by atomic mass is 10.2. The first-order valence-corrected chi connectivity index (χ1v) is 3.65. The molecule has 1 N–H and O–H groups in total. The van der Waals surface area contributed by atoms with E-state index in [1.807, 2.05) is 16.9 Å². The molecule has 2 rings (SSSR count). The number of fused-ring (bicyclic) bond motifs is 1. The maximum absolute atomic E-state index is 4.19. The average Bonchev–Trinajstić information content (AvgIpc) is 2.36. The summed E-state index contributed by atoms with van der Waals surface area (Å²) in [6.45, 7) is 3.27. The zero-order valence-electron chi connectivity index (χ0n) is 6.04. The molecule has 0 unspecified atom stereocenters. The summed E-state index contributed by atoms with van der Waals surface area (Å²) in [7, 11) is 0. The van der Waals surface area contributed by atoms with Crippen LogP contribution in [0.1, 0.15) is 19.4 Å². The van der Waals surface area contributed by atoms with Crippen LogP contribution in [-0.4, -0.2) is 16.3 Å². The molecule has 1 aliphatic heterocycles. The highest BCUT2D eigenvalue weighted by Crippen LogP contribution is 2.20. The van der Waals surface area contributed by atoms with Crippen LogP contribution < -0.4 is 5.32 Å². The second-order valence-corrected chi connectivity index (χ2v) is 2.73. The number of nitrogens with one attached hydrogen (secondary N) is 1. The molecule has 0 aliphatic carbocycles. The van der Waals surface area contributed by atoms with Crippen LogP contribution in [-0.2, 0) is 0 Å². The van der Waals surface area contributed by atoms with E-state index >= 15 is 0 Å².